The fourth-order valence-corrected chi connectivity index (χ4v) is 2.89. The van der Waals surface area contributed by atoms with Crippen molar-refractivity contribution in [2.45, 2.75) is 0 Å². The Bertz CT molecular complexity index is 777. The Morgan fingerprint density at radius 2 is 1.77 bits per heavy atom. The Morgan fingerprint density at radius 1 is 1.04 bits per heavy atom. The molecule has 0 radical (unpaired) electrons. The van der Waals surface area contributed by atoms with Crippen LogP contribution in [-0.4, -0.2) is 46.3 Å². The second-order valence-electron chi connectivity index (χ2n) is 5.95. The van der Waals surface area contributed by atoms with Crippen LogP contribution < -0.4 is 14.4 Å². The van der Waals surface area contributed by atoms with Crippen molar-refractivity contribution in [1.82, 2.24) is 0 Å². The van der Waals surface area contributed by atoms with Gasteiger partial charge in [-0.1, -0.05) is 18.2 Å². The molecule has 3 rings (SSSR count). The molecule has 1 fully saturated rings. The number of anilines is 1. The van der Waals surface area contributed by atoms with Gasteiger partial charge >= 0.3 is 0 Å². The van der Waals surface area contributed by atoms with Gasteiger partial charge in [-0.15, -0.1) is 0 Å². The van der Waals surface area contributed by atoms with E-state index in [1.54, 1.807) is 38.5 Å². The Hall–Kier alpha value is -2.79. The molecule has 1 aliphatic rings. The number of nitrogens with zero attached hydrogens (tertiary/aromatic N) is 1. The molecule has 2 aromatic rings. The van der Waals surface area contributed by atoms with E-state index < -0.39 is 0 Å². The second-order valence-corrected chi connectivity index (χ2v) is 5.95. The van der Waals surface area contributed by atoms with E-state index in [1.807, 2.05) is 18.2 Å². The maximum Gasteiger partial charge on any atom is 0.189 e. The van der Waals surface area contributed by atoms with Crippen molar-refractivity contribution in [2.24, 2.45) is 0 Å². The maximum atomic E-state index is 12.5. The summed E-state index contributed by atoms with van der Waals surface area (Å²) in [6.07, 6.45) is 3.37. The number of allylic oxidation sites excluding steroid dienone is 1. The zero-order valence-corrected chi connectivity index (χ0v) is 15.1. The monoisotopic (exact) mass is 353 g/mol. The number of hydrogen-bond donors (Lipinski definition) is 0. The second kappa shape index (κ2) is 8.54. The molecule has 2 aromatic carbocycles. The molecule has 0 atom stereocenters. The van der Waals surface area contributed by atoms with E-state index in [9.17, 15) is 4.79 Å². The SMILES string of the molecule is COc1ccc(OC)c(C(=O)/C=C/c2ccc(N3CCOCC3)cc2)c1. The van der Waals surface area contributed by atoms with Gasteiger partial charge in [0.05, 0.1) is 33.0 Å². The fraction of sp³-hybridized carbons (Fsp3) is 0.286. The molecule has 0 N–H and O–H groups in total. The number of ketones is 1. The molecule has 1 saturated heterocycles. The third kappa shape index (κ3) is 4.24. The van der Waals surface area contributed by atoms with Crippen LogP contribution in [0.15, 0.2) is 48.5 Å². The summed E-state index contributed by atoms with van der Waals surface area (Å²) in [7, 11) is 3.12. The Labute approximate surface area is 153 Å². The lowest BCUT2D eigenvalue weighted by molar-refractivity contribution is 0.104. The predicted octanol–water partition coefficient (Wildman–Crippen LogP) is 3.44. The van der Waals surface area contributed by atoms with E-state index in [1.165, 1.54) is 5.69 Å². The lowest BCUT2D eigenvalue weighted by Crippen LogP contribution is -2.36. The number of ether oxygens (including phenoxy) is 3. The summed E-state index contributed by atoms with van der Waals surface area (Å²) in [6, 6.07) is 13.4. The Kier molecular flexibility index (Phi) is 5.92. The molecule has 1 heterocycles. The first-order valence-electron chi connectivity index (χ1n) is 8.58. The summed E-state index contributed by atoms with van der Waals surface area (Å²) in [5.41, 5.74) is 2.62. The molecular formula is C21H23NO4. The van der Waals surface area contributed by atoms with Crippen LogP contribution in [-0.2, 0) is 4.74 Å². The molecule has 5 heteroatoms. The number of morpholine rings is 1. The number of carbonyl (C=O) groups is 1. The van der Waals surface area contributed by atoms with Crippen LogP contribution in [0, 0.1) is 0 Å². The summed E-state index contributed by atoms with van der Waals surface area (Å²) in [4.78, 5) is 14.8. The lowest BCUT2D eigenvalue weighted by Gasteiger charge is -2.28. The van der Waals surface area contributed by atoms with E-state index in [-0.39, 0.29) is 5.78 Å². The van der Waals surface area contributed by atoms with Crippen molar-refractivity contribution in [3.05, 3.63) is 59.7 Å². The van der Waals surface area contributed by atoms with Crippen LogP contribution in [0.4, 0.5) is 5.69 Å². The predicted molar refractivity (Wildman–Crippen MR) is 102 cm³/mol. The van der Waals surface area contributed by atoms with E-state index in [0.29, 0.717) is 17.1 Å². The molecule has 0 unspecified atom stereocenters. The van der Waals surface area contributed by atoms with Crippen LogP contribution in [0.5, 0.6) is 11.5 Å². The highest BCUT2D eigenvalue weighted by molar-refractivity contribution is 6.08. The van der Waals surface area contributed by atoms with Crippen molar-refractivity contribution in [3.8, 4) is 11.5 Å². The van der Waals surface area contributed by atoms with Crippen LogP contribution in [0.1, 0.15) is 15.9 Å². The smallest absolute Gasteiger partial charge is 0.189 e. The van der Waals surface area contributed by atoms with Crippen molar-refractivity contribution in [3.63, 3.8) is 0 Å². The molecule has 0 aromatic heterocycles. The third-order valence-corrected chi connectivity index (χ3v) is 4.37. The van der Waals surface area contributed by atoms with Crippen LogP contribution in [0.2, 0.25) is 0 Å². The summed E-state index contributed by atoms with van der Waals surface area (Å²) in [5, 5.41) is 0. The van der Waals surface area contributed by atoms with Gasteiger partial charge in [-0.05, 0) is 42.0 Å². The van der Waals surface area contributed by atoms with Gasteiger partial charge in [0.1, 0.15) is 11.5 Å². The molecule has 0 aliphatic carbocycles. The molecule has 5 nitrogen and oxygen atoms in total. The first-order chi connectivity index (χ1) is 12.7. The average molecular weight is 353 g/mol. The van der Waals surface area contributed by atoms with Crippen molar-refractivity contribution >= 4 is 17.5 Å². The minimum absolute atomic E-state index is 0.127. The van der Waals surface area contributed by atoms with E-state index in [2.05, 4.69) is 17.0 Å². The summed E-state index contributed by atoms with van der Waals surface area (Å²) < 4.78 is 15.8. The van der Waals surface area contributed by atoms with Crippen LogP contribution >= 0.6 is 0 Å². The van der Waals surface area contributed by atoms with Crippen molar-refractivity contribution in [1.29, 1.82) is 0 Å². The molecule has 0 saturated carbocycles. The molecule has 136 valence electrons. The fourth-order valence-electron chi connectivity index (χ4n) is 2.89. The first kappa shape index (κ1) is 18.0. The van der Waals surface area contributed by atoms with Gasteiger partial charge in [-0.3, -0.25) is 4.79 Å². The lowest BCUT2D eigenvalue weighted by atomic mass is 10.1. The number of methoxy groups -OCH3 is 2. The highest BCUT2D eigenvalue weighted by Crippen LogP contribution is 2.25. The van der Waals surface area contributed by atoms with E-state index >= 15 is 0 Å². The molecule has 1 aliphatic heterocycles. The average Bonchev–Trinajstić information content (AvgIpc) is 2.72. The standard InChI is InChI=1S/C21H23NO4/c1-24-18-8-10-21(25-2)19(15-18)20(23)9-5-16-3-6-17(7-4-16)22-11-13-26-14-12-22/h3-10,15H,11-14H2,1-2H3/b9-5+. The molecule has 26 heavy (non-hydrogen) atoms. The number of rotatable bonds is 6. The first-order valence-corrected chi connectivity index (χ1v) is 8.58. The largest absolute Gasteiger partial charge is 0.497 e. The van der Waals surface area contributed by atoms with Gasteiger partial charge in [-0.25, -0.2) is 0 Å². The highest BCUT2D eigenvalue weighted by Gasteiger charge is 2.12. The van der Waals surface area contributed by atoms with E-state index in [0.717, 1.165) is 31.9 Å². The van der Waals surface area contributed by atoms with E-state index in [4.69, 9.17) is 14.2 Å². The quantitative estimate of drug-likeness (QED) is 0.588. The number of carbonyl (C=O) groups excluding carboxylic acids is 1. The van der Waals surface area contributed by atoms with Gasteiger partial charge in [0, 0.05) is 18.8 Å². The van der Waals surface area contributed by atoms with Gasteiger partial charge in [0.15, 0.2) is 5.78 Å². The van der Waals surface area contributed by atoms with Crippen molar-refractivity contribution in [2.75, 3.05) is 45.4 Å². The molecular weight excluding hydrogens is 330 g/mol. The highest BCUT2D eigenvalue weighted by atomic mass is 16.5. The normalized spacial score (nSPS) is 14.5. The van der Waals surface area contributed by atoms with Gasteiger partial charge in [0.2, 0.25) is 0 Å². The Morgan fingerprint density at radius 3 is 2.42 bits per heavy atom. The van der Waals surface area contributed by atoms with Gasteiger partial charge in [0.25, 0.3) is 0 Å². The number of hydrogen-bond acceptors (Lipinski definition) is 5. The van der Waals surface area contributed by atoms with Crippen molar-refractivity contribution < 1.29 is 19.0 Å². The summed E-state index contributed by atoms with van der Waals surface area (Å²) >= 11 is 0. The molecule has 0 amide bonds. The van der Waals surface area contributed by atoms with Crippen LogP contribution in [0.25, 0.3) is 6.08 Å². The summed E-state index contributed by atoms with van der Waals surface area (Å²) in [6.45, 7) is 3.34. The Balaban J connectivity index is 1.72. The maximum absolute atomic E-state index is 12.5. The minimum Gasteiger partial charge on any atom is -0.497 e. The summed E-state index contributed by atoms with van der Waals surface area (Å²) in [5.74, 6) is 1.03. The third-order valence-electron chi connectivity index (χ3n) is 4.37. The zero-order valence-electron chi connectivity index (χ0n) is 15.1. The van der Waals surface area contributed by atoms with Gasteiger partial charge in [-0.2, -0.15) is 0 Å². The topological polar surface area (TPSA) is 48.0 Å². The zero-order chi connectivity index (χ0) is 18.4. The molecule has 0 spiro atoms. The van der Waals surface area contributed by atoms with Crippen LogP contribution in [0.3, 0.4) is 0 Å². The number of benzene rings is 2. The molecule has 0 bridgehead atoms. The minimum atomic E-state index is -0.127. The van der Waals surface area contributed by atoms with Gasteiger partial charge < -0.3 is 19.1 Å².